The zero-order valence-electron chi connectivity index (χ0n) is 24.0. The first-order chi connectivity index (χ1) is 17.4. The first-order valence-corrected chi connectivity index (χ1v) is 15.3. The fraction of sp³-hybridized carbons (Fsp3) is 0.615. The van der Waals surface area contributed by atoms with Gasteiger partial charge in [0.05, 0.1) is 40.7 Å². The highest BCUT2D eigenvalue weighted by Crippen LogP contribution is 2.31. The van der Waals surface area contributed by atoms with Gasteiger partial charge in [-0.2, -0.15) is 0 Å². The van der Waals surface area contributed by atoms with Crippen LogP contribution in [-0.4, -0.2) is 46.6 Å². The van der Waals surface area contributed by atoms with Crippen LogP contribution in [0.25, 0.3) is 0 Å². The van der Waals surface area contributed by atoms with Crippen LogP contribution in [0.4, 0.5) is 9.93 Å². The van der Waals surface area contributed by atoms with Gasteiger partial charge < -0.3 is 10.1 Å². The largest absolute Gasteiger partial charge is 0.444 e. The lowest BCUT2D eigenvalue weighted by Gasteiger charge is -2.24. The number of ether oxygens (including phenoxy) is 1. The molecule has 2 aromatic rings. The van der Waals surface area contributed by atoms with Crippen molar-refractivity contribution in [2.24, 2.45) is 0 Å². The molecule has 3 rings (SSSR count). The lowest BCUT2D eigenvalue weighted by molar-refractivity contribution is -0.115. The van der Waals surface area contributed by atoms with Crippen molar-refractivity contribution >= 4 is 38.3 Å². The summed E-state index contributed by atoms with van der Waals surface area (Å²) in [5, 5.41) is 3.19. The Bertz CT molecular complexity index is 1050. The van der Waals surface area contributed by atoms with E-state index in [0.29, 0.717) is 23.9 Å². The van der Waals surface area contributed by atoms with Gasteiger partial charge in [0.15, 0.2) is 15.0 Å². The van der Waals surface area contributed by atoms with Gasteiger partial charge in [-0.25, -0.2) is 18.2 Å². The van der Waals surface area contributed by atoms with Gasteiger partial charge in [0.1, 0.15) is 5.60 Å². The van der Waals surface area contributed by atoms with Gasteiger partial charge in [-0.1, -0.05) is 66.2 Å². The molecule has 11 heteroatoms. The number of sulfone groups is 1. The fourth-order valence-electron chi connectivity index (χ4n) is 2.74. The van der Waals surface area contributed by atoms with Gasteiger partial charge in [-0.15, -0.1) is 0 Å². The fourth-order valence-corrected chi connectivity index (χ4v) is 4.57. The highest BCUT2D eigenvalue weighted by molar-refractivity contribution is 7.91. The van der Waals surface area contributed by atoms with Crippen molar-refractivity contribution in [3.63, 3.8) is 0 Å². The number of rotatable bonds is 5. The van der Waals surface area contributed by atoms with E-state index in [2.05, 4.69) is 29.1 Å². The Kier molecular flexibility index (Phi) is 15.2. The molecule has 210 valence electrons. The van der Waals surface area contributed by atoms with E-state index in [-0.39, 0.29) is 23.0 Å². The average molecular weight is 557 g/mol. The highest BCUT2D eigenvalue weighted by atomic mass is 32.2. The Morgan fingerprint density at radius 2 is 1.68 bits per heavy atom. The Hall–Kier alpha value is -2.53. The van der Waals surface area contributed by atoms with E-state index in [1.54, 1.807) is 11.8 Å². The molecule has 3 heterocycles. The van der Waals surface area contributed by atoms with Crippen molar-refractivity contribution in [3.05, 3.63) is 34.6 Å². The summed E-state index contributed by atoms with van der Waals surface area (Å²) in [6.07, 6.45) is 2.13. The Labute approximate surface area is 227 Å². The number of thiazole rings is 1. The van der Waals surface area contributed by atoms with Crippen molar-refractivity contribution in [1.82, 2.24) is 14.9 Å². The molecule has 2 aromatic heterocycles. The molecule has 0 spiro atoms. The third kappa shape index (κ3) is 11.6. The molecule has 0 atom stereocenters. The smallest absolute Gasteiger partial charge is 0.410 e. The van der Waals surface area contributed by atoms with E-state index < -0.39 is 21.5 Å². The first-order valence-electron chi connectivity index (χ1n) is 12.8. The molecule has 0 aromatic carbocycles. The first kappa shape index (κ1) is 34.5. The summed E-state index contributed by atoms with van der Waals surface area (Å²) in [5.41, 5.74) is 0.642. The molecule has 0 saturated heterocycles. The molecule has 2 amide bonds. The van der Waals surface area contributed by atoms with E-state index in [9.17, 15) is 18.0 Å². The van der Waals surface area contributed by atoms with Gasteiger partial charge in [-0.05, 0) is 32.9 Å². The van der Waals surface area contributed by atoms with Crippen LogP contribution in [0.2, 0.25) is 0 Å². The molecular weight excluding hydrogens is 512 g/mol. The number of nitrogens with one attached hydrogen (secondary N) is 1. The van der Waals surface area contributed by atoms with Crippen LogP contribution in [0.15, 0.2) is 23.2 Å². The molecule has 0 unspecified atom stereocenters. The summed E-state index contributed by atoms with van der Waals surface area (Å²) in [5.74, 6) is -0.306. The van der Waals surface area contributed by atoms with Gasteiger partial charge >= 0.3 is 6.09 Å². The average Bonchev–Trinajstić information content (AvgIpc) is 3.40. The van der Waals surface area contributed by atoms with Crippen molar-refractivity contribution in [2.75, 3.05) is 11.1 Å². The zero-order valence-corrected chi connectivity index (χ0v) is 25.6. The van der Waals surface area contributed by atoms with Crippen LogP contribution >= 0.6 is 11.3 Å². The predicted octanol–water partition coefficient (Wildman–Crippen LogP) is 6.23. The second kappa shape index (κ2) is 16.3. The standard InChI is InChI=1S/C19H24N4O5S2.C3H8.2C2H6/c1-5-30(26,27)13-7-6-12(20-9-13)8-16(24)22-17-21-14-10-23(11-15(14)29-17)18(25)28-19(2,3)4;1-3-2;2*1-2/h6-7,9H,5,8,10-11H2,1-4H3,(H,21,22,24);3H2,1-2H3;2*1-2H3. The Morgan fingerprint density at radius 3 is 2.14 bits per heavy atom. The molecule has 0 bridgehead atoms. The lowest BCUT2D eigenvalue weighted by Crippen LogP contribution is -2.33. The van der Waals surface area contributed by atoms with Gasteiger partial charge in [0.2, 0.25) is 5.91 Å². The maximum Gasteiger partial charge on any atom is 0.410 e. The highest BCUT2D eigenvalue weighted by Gasteiger charge is 2.30. The summed E-state index contributed by atoms with van der Waals surface area (Å²) in [6.45, 7) is 20.0. The number of anilines is 1. The van der Waals surface area contributed by atoms with E-state index in [1.807, 2.05) is 48.5 Å². The number of carbonyl (C=O) groups excluding carboxylic acids is 2. The normalized spacial score (nSPS) is 12.0. The lowest BCUT2D eigenvalue weighted by atomic mass is 10.2. The summed E-state index contributed by atoms with van der Waals surface area (Å²) in [6, 6.07) is 2.99. The van der Waals surface area contributed by atoms with Gasteiger partial charge in [0, 0.05) is 11.9 Å². The van der Waals surface area contributed by atoms with E-state index in [4.69, 9.17) is 4.74 Å². The maximum atomic E-state index is 12.3. The summed E-state index contributed by atoms with van der Waals surface area (Å²) in [7, 11) is -3.32. The molecule has 0 aliphatic carbocycles. The quantitative estimate of drug-likeness (QED) is 0.463. The summed E-state index contributed by atoms with van der Waals surface area (Å²) in [4.78, 5) is 35.5. The number of amides is 2. The van der Waals surface area contributed by atoms with Crippen molar-refractivity contribution in [1.29, 1.82) is 0 Å². The van der Waals surface area contributed by atoms with Crippen LogP contribution in [-0.2, 0) is 38.9 Å². The third-order valence-corrected chi connectivity index (χ3v) is 6.95. The minimum atomic E-state index is -3.32. The SMILES string of the molecule is CC.CC.CCC.CCS(=O)(=O)c1ccc(CC(=O)Nc2nc3c(s2)CN(C(=O)OC(C)(C)C)C3)nc1. The second-order valence-electron chi connectivity index (χ2n) is 8.55. The predicted molar refractivity (Wildman–Crippen MR) is 151 cm³/mol. The zero-order chi connectivity index (χ0) is 28.8. The second-order valence-corrected chi connectivity index (χ2v) is 11.9. The van der Waals surface area contributed by atoms with Crippen LogP contribution < -0.4 is 5.32 Å². The number of carbonyl (C=O) groups is 2. The van der Waals surface area contributed by atoms with E-state index in [1.165, 1.54) is 36.1 Å². The van der Waals surface area contributed by atoms with Gasteiger partial charge in [-0.3, -0.25) is 14.7 Å². The topological polar surface area (TPSA) is 119 Å². The Balaban J connectivity index is 0.00000169. The minimum Gasteiger partial charge on any atom is -0.444 e. The van der Waals surface area contributed by atoms with E-state index >= 15 is 0 Å². The molecule has 1 aliphatic rings. The number of hydrogen-bond acceptors (Lipinski definition) is 8. The summed E-state index contributed by atoms with van der Waals surface area (Å²) >= 11 is 1.32. The monoisotopic (exact) mass is 556 g/mol. The molecule has 9 nitrogen and oxygen atoms in total. The Morgan fingerprint density at radius 1 is 1.08 bits per heavy atom. The van der Waals surface area contributed by atoms with Crippen LogP contribution in [0.5, 0.6) is 0 Å². The van der Waals surface area contributed by atoms with Gasteiger partial charge in [0.25, 0.3) is 0 Å². The van der Waals surface area contributed by atoms with Crippen LogP contribution in [0.1, 0.15) is 91.9 Å². The van der Waals surface area contributed by atoms with Crippen LogP contribution in [0.3, 0.4) is 0 Å². The molecule has 0 saturated carbocycles. The minimum absolute atomic E-state index is 0.000727. The number of fused-ring (bicyclic) bond motifs is 1. The number of aromatic nitrogens is 2. The molecule has 1 N–H and O–H groups in total. The number of pyridine rings is 1. The molecule has 1 aliphatic heterocycles. The van der Waals surface area contributed by atoms with Crippen molar-refractivity contribution in [3.8, 4) is 0 Å². The maximum absolute atomic E-state index is 12.3. The molecule has 37 heavy (non-hydrogen) atoms. The molecule has 0 radical (unpaired) electrons. The van der Waals surface area contributed by atoms with Crippen molar-refractivity contribution in [2.45, 2.75) is 106 Å². The number of nitrogens with zero attached hydrogens (tertiary/aromatic N) is 3. The molecular formula is C26H44N4O5S2. The molecule has 0 fully saturated rings. The van der Waals surface area contributed by atoms with Crippen molar-refractivity contribution < 1.29 is 22.7 Å². The van der Waals surface area contributed by atoms with E-state index in [0.717, 1.165) is 10.6 Å². The number of hydrogen-bond donors (Lipinski definition) is 1. The third-order valence-electron chi connectivity index (χ3n) is 4.23. The summed E-state index contributed by atoms with van der Waals surface area (Å²) < 4.78 is 29.0. The van der Waals surface area contributed by atoms with Crippen LogP contribution in [0, 0.1) is 0 Å².